The smallest absolute Gasteiger partial charge is 0.344 e. The van der Waals surface area contributed by atoms with Gasteiger partial charge in [-0.25, -0.2) is 4.39 Å². The van der Waals surface area contributed by atoms with Gasteiger partial charge in [0.2, 0.25) is 0 Å². The number of halogens is 11. The lowest BCUT2D eigenvalue weighted by molar-refractivity contribution is -0.396. The lowest BCUT2D eigenvalue weighted by atomic mass is 9.94. The molecule has 148 valence electrons. The van der Waals surface area contributed by atoms with Crippen molar-refractivity contribution in [3.8, 4) is 0 Å². The van der Waals surface area contributed by atoms with Crippen LogP contribution >= 0.6 is 0 Å². The van der Waals surface area contributed by atoms with Crippen LogP contribution in [0.2, 0.25) is 0 Å². The topological polar surface area (TPSA) is 89.4 Å². The van der Waals surface area contributed by atoms with E-state index in [4.69, 9.17) is 4.55 Å². The minimum Gasteiger partial charge on any atom is -0.344 e. The molecule has 0 fully saturated rings. The van der Waals surface area contributed by atoms with Crippen molar-refractivity contribution in [3.05, 3.63) is 0 Å². The lowest BCUT2D eigenvalue weighted by Crippen LogP contribution is -2.70. The van der Waals surface area contributed by atoms with Crippen molar-refractivity contribution in [2.24, 2.45) is 0 Å². The Morgan fingerprint density at radius 1 is 0.833 bits per heavy atom. The number of alkyl halides is 11. The van der Waals surface area contributed by atoms with Crippen LogP contribution in [0.5, 0.6) is 0 Å². The van der Waals surface area contributed by atoms with Crippen molar-refractivity contribution in [1.82, 2.24) is 6.15 Å². The third kappa shape index (κ3) is 3.14. The zero-order valence-electron chi connectivity index (χ0n) is 11.3. The van der Waals surface area contributed by atoms with E-state index in [1.165, 1.54) is 0 Å². The first-order valence-corrected chi connectivity index (χ1v) is 6.67. The molecule has 4 N–H and O–H groups in total. The molecule has 0 saturated carbocycles. The second kappa shape index (κ2) is 6.44. The quantitative estimate of drug-likeness (QED) is 0.493. The molecule has 4 nitrogen and oxygen atoms in total. The number of hydrogen-bond acceptors (Lipinski definition) is 3. The van der Waals surface area contributed by atoms with E-state index in [1.807, 2.05) is 0 Å². The molecule has 0 radical (unpaired) electrons. The van der Waals surface area contributed by atoms with E-state index in [0.29, 0.717) is 6.92 Å². The summed E-state index contributed by atoms with van der Waals surface area (Å²) in [5.74, 6) is -29.4. The first kappa shape index (κ1) is 25.3. The molecule has 0 spiro atoms. The number of rotatable bonds is 7. The Morgan fingerprint density at radius 2 is 1.17 bits per heavy atom. The van der Waals surface area contributed by atoms with Gasteiger partial charge in [-0.15, -0.1) is 0 Å². The highest BCUT2D eigenvalue weighted by Gasteiger charge is 2.89. The zero-order chi connectivity index (χ0) is 19.3. The average molecular weight is 409 g/mol. The summed E-state index contributed by atoms with van der Waals surface area (Å²) in [4.78, 5) is 0. The molecule has 0 aliphatic heterocycles. The Balaban J connectivity index is 0. The summed E-state index contributed by atoms with van der Waals surface area (Å²) in [6, 6.07) is 0. The molecular weight excluding hydrogens is 399 g/mol. The molecule has 0 aromatic rings. The van der Waals surface area contributed by atoms with Crippen LogP contribution in [0.25, 0.3) is 0 Å². The fourth-order valence-corrected chi connectivity index (χ4v) is 1.66. The van der Waals surface area contributed by atoms with Crippen LogP contribution < -0.4 is 6.15 Å². The Labute approximate surface area is 127 Å². The largest absolute Gasteiger partial charge is 0.438 e. The molecule has 0 saturated heterocycles. The summed E-state index contributed by atoms with van der Waals surface area (Å²) in [5.41, 5.74) is 0. The molecule has 1 unspecified atom stereocenters. The fourth-order valence-electron chi connectivity index (χ4n) is 1.20. The maximum absolute atomic E-state index is 13.0. The van der Waals surface area contributed by atoms with Crippen LogP contribution in [-0.4, -0.2) is 48.1 Å². The molecule has 0 aromatic heterocycles. The summed E-state index contributed by atoms with van der Waals surface area (Å²) < 4.78 is 169. The lowest BCUT2D eigenvalue weighted by Gasteiger charge is -2.39. The highest BCUT2D eigenvalue weighted by atomic mass is 32.2. The van der Waals surface area contributed by atoms with Gasteiger partial charge in [-0.3, -0.25) is 4.55 Å². The van der Waals surface area contributed by atoms with E-state index in [2.05, 4.69) is 0 Å². The first-order valence-electron chi connectivity index (χ1n) is 5.23. The van der Waals surface area contributed by atoms with Gasteiger partial charge in [0.15, 0.2) is 6.17 Å². The Hall–Kier alpha value is -0.900. The SMILES string of the molecule is CCC(F)C(F)(F)C(F)(F)C(F)(F)C(F)(F)C(F)(F)S(=O)(=O)O.N. The van der Waals surface area contributed by atoms with Gasteiger partial charge in [-0.2, -0.15) is 52.3 Å². The van der Waals surface area contributed by atoms with E-state index in [-0.39, 0.29) is 6.15 Å². The summed E-state index contributed by atoms with van der Waals surface area (Å²) in [5, 5.41) is -7.26. The van der Waals surface area contributed by atoms with Crippen LogP contribution in [0, 0.1) is 0 Å². The highest BCUT2D eigenvalue weighted by Crippen LogP contribution is 2.59. The molecule has 0 bridgehead atoms. The highest BCUT2D eigenvalue weighted by molar-refractivity contribution is 7.87. The van der Waals surface area contributed by atoms with E-state index in [1.54, 1.807) is 0 Å². The van der Waals surface area contributed by atoms with Crippen molar-refractivity contribution in [2.45, 2.75) is 48.5 Å². The Bertz CT molecular complexity index is 547. The van der Waals surface area contributed by atoms with Crippen molar-refractivity contribution < 1.29 is 61.3 Å². The monoisotopic (exact) mass is 409 g/mol. The molecule has 16 heteroatoms. The van der Waals surface area contributed by atoms with Crippen molar-refractivity contribution >= 4 is 10.1 Å². The molecule has 0 heterocycles. The van der Waals surface area contributed by atoms with E-state index < -0.39 is 51.7 Å². The molecule has 1 atom stereocenters. The Morgan fingerprint density at radius 3 is 1.42 bits per heavy atom. The molecular formula is C8H10F11NO3S. The predicted molar refractivity (Wildman–Crippen MR) is 56.5 cm³/mol. The van der Waals surface area contributed by atoms with Gasteiger partial charge < -0.3 is 6.15 Å². The van der Waals surface area contributed by atoms with Gasteiger partial charge in [0, 0.05) is 0 Å². The zero-order valence-corrected chi connectivity index (χ0v) is 12.1. The standard InChI is InChI=1S/C8H7F11O3S.H3N/c1-2-3(9)4(10,11)5(12,13)6(14,15)7(16,17)8(18,19)23(20,21)22;/h3H,2H2,1H3,(H,20,21,22);1H3. The van der Waals surface area contributed by atoms with E-state index in [9.17, 15) is 56.7 Å². The van der Waals surface area contributed by atoms with E-state index in [0.717, 1.165) is 0 Å². The molecule has 0 rings (SSSR count). The van der Waals surface area contributed by atoms with Gasteiger partial charge >= 0.3 is 39.1 Å². The van der Waals surface area contributed by atoms with Gasteiger partial charge in [0.05, 0.1) is 0 Å². The van der Waals surface area contributed by atoms with Crippen molar-refractivity contribution in [3.63, 3.8) is 0 Å². The minimum atomic E-state index is -7.75. The maximum atomic E-state index is 13.0. The predicted octanol–water partition coefficient (Wildman–Crippen LogP) is 3.92. The molecule has 24 heavy (non-hydrogen) atoms. The normalized spacial score (nSPS) is 16.5. The summed E-state index contributed by atoms with van der Waals surface area (Å²) in [6.07, 6.45) is -5.72. The third-order valence-electron chi connectivity index (χ3n) is 2.65. The Kier molecular flexibility index (Phi) is 6.80. The average Bonchev–Trinajstić information content (AvgIpc) is 2.35. The van der Waals surface area contributed by atoms with Gasteiger partial charge in [-0.05, 0) is 6.42 Å². The second-order valence-corrected chi connectivity index (χ2v) is 5.68. The summed E-state index contributed by atoms with van der Waals surface area (Å²) in [6.45, 7) is 0.428. The van der Waals surface area contributed by atoms with Gasteiger partial charge in [0.25, 0.3) is 0 Å². The molecule has 0 aliphatic rings. The summed E-state index contributed by atoms with van der Waals surface area (Å²) >= 11 is 0. The van der Waals surface area contributed by atoms with Gasteiger partial charge in [0.1, 0.15) is 0 Å². The minimum absolute atomic E-state index is 0. The van der Waals surface area contributed by atoms with Crippen molar-refractivity contribution in [1.29, 1.82) is 0 Å². The third-order valence-corrected chi connectivity index (χ3v) is 3.55. The fraction of sp³-hybridized carbons (Fsp3) is 1.00. The maximum Gasteiger partial charge on any atom is 0.438 e. The summed E-state index contributed by atoms with van der Waals surface area (Å²) in [7, 11) is -7.41. The van der Waals surface area contributed by atoms with Crippen LogP contribution in [0.15, 0.2) is 0 Å². The van der Waals surface area contributed by atoms with Crippen LogP contribution in [-0.2, 0) is 10.1 Å². The molecule has 0 aromatic carbocycles. The van der Waals surface area contributed by atoms with Crippen molar-refractivity contribution in [2.75, 3.05) is 0 Å². The second-order valence-electron chi connectivity index (χ2n) is 4.21. The van der Waals surface area contributed by atoms with E-state index >= 15 is 0 Å². The number of hydrogen-bond donors (Lipinski definition) is 2. The van der Waals surface area contributed by atoms with Crippen LogP contribution in [0.4, 0.5) is 48.3 Å². The van der Waals surface area contributed by atoms with Gasteiger partial charge in [-0.1, -0.05) is 6.92 Å². The molecule has 0 aliphatic carbocycles. The first-order chi connectivity index (χ1) is 9.73. The van der Waals surface area contributed by atoms with Crippen LogP contribution in [0.1, 0.15) is 13.3 Å². The molecule has 0 amide bonds. The van der Waals surface area contributed by atoms with Crippen LogP contribution in [0.3, 0.4) is 0 Å².